The number of nitrogens with two attached hydrogens (primary N) is 6. The Hall–Kier alpha value is -10.9. The molecule has 38 heteroatoms. The van der Waals surface area contributed by atoms with E-state index in [-0.39, 0.29) is 48.6 Å². The second-order valence-electron chi connectivity index (χ2n) is 19.7. The summed E-state index contributed by atoms with van der Waals surface area (Å²) < 4.78 is 31.3. The number of ether oxygens (including phenoxy) is 6. The van der Waals surface area contributed by atoms with Crippen molar-refractivity contribution in [3.05, 3.63) is 193 Å². The van der Waals surface area contributed by atoms with Crippen molar-refractivity contribution in [2.24, 2.45) is 44.6 Å². The van der Waals surface area contributed by atoms with Crippen LogP contribution in [0.15, 0.2) is 128 Å². The van der Waals surface area contributed by atoms with Crippen LogP contribution >= 0.6 is 31.9 Å². The number of hydrogen-bond acceptors (Lipinski definition) is 24. The highest BCUT2D eigenvalue weighted by Gasteiger charge is 2.22. The number of carboxylic acids is 6. The molecule has 0 aliphatic rings. The first kappa shape index (κ1) is 85.1. The molecule has 0 bridgehead atoms. The van der Waals surface area contributed by atoms with Gasteiger partial charge in [-0.3, -0.25) is 49.0 Å². The largest absolute Gasteiger partial charge is 0.496 e. The number of carbonyl (C=O) groups is 6. The van der Waals surface area contributed by atoms with Gasteiger partial charge in [-0.05, 0) is 175 Å². The van der Waals surface area contributed by atoms with E-state index in [0.717, 1.165) is 20.1 Å². The van der Waals surface area contributed by atoms with Crippen molar-refractivity contribution in [2.75, 3.05) is 42.7 Å². The number of azide groups is 2. The molecule has 0 radical (unpaired) electrons. The number of nitro groups is 2. The molecule has 6 atom stereocenters. The Morgan fingerprint density at radius 1 is 0.388 bits per heavy atom. The van der Waals surface area contributed by atoms with E-state index >= 15 is 0 Å². The number of halogens is 2. The van der Waals surface area contributed by atoms with Crippen molar-refractivity contribution < 1.29 is 97.7 Å². The summed E-state index contributed by atoms with van der Waals surface area (Å²) in [6, 6.07) is 23.0. The molecular formula is C60H72Br2N14O22. The maximum absolute atomic E-state index is 10.7. The molecule has 0 aromatic heterocycles. The summed E-state index contributed by atoms with van der Waals surface area (Å²) in [6.07, 6.45) is 0.983. The van der Waals surface area contributed by atoms with Crippen LogP contribution < -0.4 is 62.8 Å². The molecule has 36 nitrogen and oxygen atoms in total. The molecule has 6 aromatic rings. The van der Waals surface area contributed by atoms with Crippen molar-refractivity contribution in [1.82, 2.24) is 0 Å². The maximum Gasteiger partial charge on any atom is 0.320 e. The minimum Gasteiger partial charge on any atom is -0.496 e. The molecule has 0 amide bonds. The van der Waals surface area contributed by atoms with Crippen molar-refractivity contribution >= 4 is 90.4 Å². The third-order valence-electron chi connectivity index (χ3n) is 12.7. The fourth-order valence-corrected chi connectivity index (χ4v) is 8.89. The molecular weight excluding hydrogens is 1430 g/mol. The molecule has 18 N–H and O–H groups in total. The van der Waals surface area contributed by atoms with Crippen molar-refractivity contribution in [3.63, 3.8) is 0 Å². The fraction of sp³-hybridized carbons (Fsp3) is 0.300. The first-order chi connectivity index (χ1) is 46.1. The van der Waals surface area contributed by atoms with Gasteiger partial charge in [0, 0.05) is 22.0 Å². The molecule has 0 aliphatic heterocycles. The Kier molecular flexibility index (Phi) is 38.2. The van der Waals surface area contributed by atoms with E-state index in [0.29, 0.717) is 69.5 Å². The van der Waals surface area contributed by atoms with Gasteiger partial charge in [0.05, 0.1) is 72.8 Å². The monoisotopic (exact) mass is 1500 g/mol. The number of aliphatic carboxylic acids is 6. The van der Waals surface area contributed by atoms with Gasteiger partial charge in [-0.2, -0.15) is 0 Å². The van der Waals surface area contributed by atoms with Crippen LogP contribution in [0.5, 0.6) is 34.5 Å². The quantitative estimate of drug-likeness (QED) is 0.00764. The lowest BCUT2D eigenvalue weighted by Gasteiger charge is -2.09. The summed E-state index contributed by atoms with van der Waals surface area (Å²) in [5, 5.41) is 80.3. The van der Waals surface area contributed by atoms with E-state index in [9.17, 15) is 49.0 Å². The first-order valence-corrected chi connectivity index (χ1v) is 29.4. The standard InChI is InChI=1S/2C10H12BrNO3.2C10H12N4O3.2C10H12N2O5/c2*1-15-9-3-2-6(4-7(9)11)5-8(12)10(13)14;2*1-17-9-3-2-6(4-7(11)10(15)16)5-8(9)13-14-12;2*1-17-9-3-2-6(4-7(11)10(13)14)5-8(9)12(15)16/h2*2-4,8H,5,12H2,1H3,(H,13,14);2*2-3,5,7H,4,11H2,1H3,(H,15,16);2*2-3,5,7H,4,11H2,1H3,(H,13,14). The van der Waals surface area contributed by atoms with Crippen LogP contribution in [-0.2, 0) is 67.3 Å². The van der Waals surface area contributed by atoms with Gasteiger partial charge < -0.3 is 93.5 Å². The summed E-state index contributed by atoms with van der Waals surface area (Å²) in [5.41, 5.74) is 53.3. The Labute approximate surface area is 574 Å². The van der Waals surface area contributed by atoms with Crippen LogP contribution in [-0.4, -0.2) is 155 Å². The molecule has 0 saturated carbocycles. The van der Waals surface area contributed by atoms with Crippen LogP contribution in [0.2, 0.25) is 0 Å². The second-order valence-corrected chi connectivity index (χ2v) is 21.5. The minimum absolute atomic E-state index is 0.0279. The molecule has 0 aliphatic carbocycles. The van der Waals surface area contributed by atoms with E-state index in [4.69, 9.17) is 105 Å². The molecule has 0 heterocycles. The molecule has 6 unspecified atom stereocenters. The molecule has 6 rings (SSSR count). The summed E-state index contributed by atoms with van der Waals surface area (Å²) in [6.45, 7) is 0. The number of nitrogens with zero attached hydrogens (tertiary/aromatic N) is 8. The van der Waals surface area contributed by atoms with E-state index in [1.807, 2.05) is 12.1 Å². The highest BCUT2D eigenvalue weighted by Crippen LogP contribution is 2.33. The number of rotatable bonds is 28. The van der Waals surface area contributed by atoms with Crippen LogP contribution in [0.1, 0.15) is 33.4 Å². The lowest BCUT2D eigenvalue weighted by Crippen LogP contribution is -2.32. The van der Waals surface area contributed by atoms with Gasteiger partial charge in [-0.1, -0.05) is 46.6 Å². The molecule has 0 spiro atoms. The highest BCUT2D eigenvalue weighted by atomic mass is 79.9. The van der Waals surface area contributed by atoms with Crippen molar-refractivity contribution in [3.8, 4) is 34.5 Å². The smallest absolute Gasteiger partial charge is 0.320 e. The zero-order valence-electron chi connectivity index (χ0n) is 53.1. The number of hydrogen-bond donors (Lipinski definition) is 12. The predicted molar refractivity (Wildman–Crippen MR) is 360 cm³/mol. The molecule has 0 saturated heterocycles. The van der Waals surface area contributed by atoms with E-state index in [2.05, 4.69) is 51.9 Å². The zero-order chi connectivity index (χ0) is 74.5. The number of carboxylic acid groups (broad SMARTS) is 6. The van der Waals surface area contributed by atoms with Gasteiger partial charge in [0.25, 0.3) is 0 Å². The van der Waals surface area contributed by atoms with E-state index < -0.39 is 81.9 Å². The number of nitro benzene ring substituents is 2. The number of benzene rings is 6. The fourth-order valence-electron chi connectivity index (χ4n) is 7.71. The lowest BCUT2D eigenvalue weighted by molar-refractivity contribution is -0.385. The Morgan fingerprint density at radius 2 is 0.582 bits per heavy atom. The molecule has 98 heavy (non-hydrogen) atoms. The van der Waals surface area contributed by atoms with Gasteiger partial charge in [0.1, 0.15) is 59.2 Å². The average molecular weight is 1500 g/mol. The highest BCUT2D eigenvalue weighted by molar-refractivity contribution is 9.11. The summed E-state index contributed by atoms with van der Waals surface area (Å²) in [4.78, 5) is 89.1. The predicted octanol–water partition coefficient (Wildman–Crippen LogP) is 7.12. The average Bonchev–Trinajstić information content (AvgIpc) is 0.881. The third kappa shape index (κ3) is 30.2. The maximum atomic E-state index is 10.7. The van der Waals surface area contributed by atoms with Crippen molar-refractivity contribution in [2.45, 2.75) is 74.8 Å². The van der Waals surface area contributed by atoms with Gasteiger partial charge in [-0.15, -0.1) is 0 Å². The number of methoxy groups -OCH3 is 6. The van der Waals surface area contributed by atoms with Gasteiger partial charge in [0.2, 0.25) is 0 Å². The SMILES string of the molecule is COc1ccc(CC(N)C(=O)O)cc1Br.COc1ccc(CC(N)C(=O)O)cc1Br.COc1ccc(CC(N)C(=O)O)cc1N=[N+]=[N-].COc1ccc(CC(N)C(=O)O)cc1N=[N+]=[N-].COc1ccc(CC(N)C(=O)O)cc1[N+](=O)[O-].COc1ccc(CC(N)C(=O)O)cc1[N+](=O)[O-]. The molecule has 6 aromatic carbocycles. The third-order valence-corrected chi connectivity index (χ3v) is 14.0. The summed E-state index contributed by atoms with van der Waals surface area (Å²) >= 11 is 6.64. The van der Waals surface area contributed by atoms with Gasteiger partial charge in [0.15, 0.2) is 11.5 Å². The topological polar surface area (TPSA) is 619 Å². The summed E-state index contributed by atoms with van der Waals surface area (Å²) in [5.74, 6) is -3.92. The molecule has 0 fully saturated rings. The molecule has 528 valence electrons. The Balaban J connectivity index is 0.000000588. The first-order valence-electron chi connectivity index (χ1n) is 27.8. The van der Waals surface area contributed by atoms with Crippen LogP contribution in [0, 0.1) is 20.2 Å². The van der Waals surface area contributed by atoms with Crippen molar-refractivity contribution in [1.29, 1.82) is 0 Å². The Bertz CT molecular complexity index is 3440. The minimum atomic E-state index is -1.15. The second kappa shape index (κ2) is 43.9. The van der Waals surface area contributed by atoms with Crippen LogP contribution in [0.4, 0.5) is 22.7 Å². The Morgan fingerprint density at radius 3 is 0.765 bits per heavy atom. The van der Waals surface area contributed by atoms with E-state index in [1.54, 1.807) is 87.0 Å². The van der Waals surface area contributed by atoms with Crippen LogP contribution in [0.25, 0.3) is 20.9 Å². The van der Waals surface area contributed by atoms with Gasteiger partial charge in [-0.25, -0.2) is 0 Å². The normalized spacial score (nSPS) is 11.8. The van der Waals surface area contributed by atoms with Crippen LogP contribution in [0.3, 0.4) is 0 Å². The lowest BCUT2D eigenvalue weighted by atomic mass is 10.1. The zero-order valence-corrected chi connectivity index (χ0v) is 56.3. The van der Waals surface area contributed by atoms with Gasteiger partial charge >= 0.3 is 47.2 Å². The summed E-state index contributed by atoms with van der Waals surface area (Å²) in [7, 11) is 8.70. The van der Waals surface area contributed by atoms with E-state index in [1.165, 1.54) is 52.7 Å².